The fraction of sp³-hybridized carbons (Fsp3) is 0.500. The van der Waals surface area contributed by atoms with Crippen LogP contribution in [0.3, 0.4) is 0 Å². The minimum absolute atomic E-state index is 0.0332. The molecule has 36 heavy (non-hydrogen) atoms. The van der Waals surface area contributed by atoms with Gasteiger partial charge in [0, 0.05) is 43.0 Å². The van der Waals surface area contributed by atoms with Crippen LogP contribution in [0.15, 0.2) is 37.0 Å². The number of hydrogen-bond donors (Lipinski definition) is 0. The molecule has 0 aliphatic carbocycles. The van der Waals surface area contributed by atoms with Gasteiger partial charge in [0.05, 0.1) is 38.5 Å². The van der Waals surface area contributed by atoms with Gasteiger partial charge in [-0.2, -0.15) is 0 Å². The summed E-state index contributed by atoms with van der Waals surface area (Å²) >= 11 is 0. The summed E-state index contributed by atoms with van der Waals surface area (Å²) in [6.07, 6.45) is 4.57. The molecule has 192 valence electrons. The molecule has 8 nitrogen and oxygen atoms in total. The Bertz CT molecular complexity index is 1230. The van der Waals surface area contributed by atoms with Gasteiger partial charge in [-0.3, -0.25) is 0 Å². The SMILES string of the molecule is C=C(OC)c1cc(OC)c2c(c1)nc(-c1ccc(N3CCC[C@@H]3C)nc1)n2C[C@@H]1CN(C)C[C@H](C)O1. The summed E-state index contributed by atoms with van der Waals surface area (Å²) in [5, 5.41) is 0. The molecule has 0 radical (unpaired) electrons. The summed E-state index contributed by atoms with van der Waals surface area (Å²) in [6, 6.07) is 8.73. The van der Waals surface area contributed by atoms with E-state index in [9.17, 15) is 0 Å². The van der Waals surface area contributed by atoms with Crippen LogP contribution in [0.1, 0.15) is 32.3 Å². The Morgan fingerprint density at radius 2 is 2.03 bits per heavy atom. The lowest BCUT2D eigenvalue weighted by atomic mass is 10.1. The zero-order valence-electron chi connectivity index (χ0n) is 22.0. The maximum absolute atomic E-state index is 6.33. The molecule has 2 aliphatic heterocycles. The van der Waals surface area contributed by atoms with Gasteiger partial charge < -0.3 is 28.6 Å². The Morgan fingerprint density at radius 3 is 2.67 bits per heavy atom. The van der Waals surface area contributed by atoms with Gasteiger partial charge in [-0.1, -0.05) is 6.58 Å². The third kappa shape index (κ3) is 4.67. The van der Waals surface area contributed by atoms with Gasteiger partial charge in [0.25, 0.3) is 0 Å². The van der Waals surface area contributed by atoms with Crippen LogP contribution in [-0.4, -0.2) is 78.6 Å². The Labute approximate surface area is 213 Å². The molecular weight excluding hydrogens is 454 g/mol. The van der Waals surface area contributed by atoms with Crippen LogP contribution in [0, 0.1) is 0 Å². The number of fused-ring (bicyclic) bond motifs is 1. The number of benzene rings is 1. The number of rotatable bonds is 7. The van der Waals surface area contributed by atoms with E-state index in [4.69, 9.17) is 24.2 Å². The molecule has 0 spiro atoms. The molecule has 2 fully saturated rings. The molecular formula is C28H37N5O3. The summed E-state index contributed by atoms with van der Waals surface area (Å²) < 4.78 is 19.8. The molecule has 2 saturated heterocycles. The summed E-state index contributed by atoms with van der Waals surface area (Å²) in [6.45, 7) is 11.9. The molecule has 2 aromatic heterocycles. The maximum atomic E-state index is 6.33. The number of pyridine rings is 1. The van der Waals surface area contributed by atoms with E-state index in [2.05, 4.69) is 54.0 Å². The molecule has 5 rings (SSSR count). The van der Waals surface area contributed by atoms with E-state index in [1.54, 1.807) is 14.2 Å². The first-order valence-electron chi connectivity index (χ1n) is 12.8. The molecule has 8 heteroatoms. The normalized spacial score (nSPS) is 22.8. The highest BCUT2D eigenvalue weighted by Gasteiger charge is 2.27. The third-order valence-corrected chi connectivity index (χ3v) is 7.34. The van der Waals surface area contributed by atoms with Crippen LogP contribution in [0.2, 0.25) is 0 Å². The molecule has 0 saturated carbocycles. The van der Waals surface area contributed by atoms with Crippen LogP contribution in [0.25, 0.3) is 28.2 Å². The molecule has 3 atom stereocenters. The van der Waals surface area contributed by atoms with Crippen LogP contribution < -0.4 is 9.64 Å². The van der Waals surface area contributed by atoms with Gasteiger partial charge in [-0.25, -0.2) is 9.97 Å². The summed E-state index contributed by atoms with van der Waals surface area (Å²) in [4.78, 5) is 14.6. The minimum atomic E-state index is 0.0332. The monoisotopic (exact) mass is 491 g/mol. The van der Waals surface area contributed by atoms with Gasteiger partial charge in [0.1, 0.15) is 28.7 Å². The van der Waals surface area contributed by atoms with E-state index in [1.807, 2.05) is 18.3 Å². The Kier molecular flexibility index (Phi) is 6.90. The summed E-state index contributed by atoms with van der Waals surface area (Å²) in [5.74, 6) is 3.17. The standard InChI is InChI=1S/C28H37N5O3/c1-18-8-7-11-32(18)26-10-9-21(14-29-26)28-30-24-12-22(20(3)34-5)13-25(35-6)27(24)33(28)17-23-16-31(4)15-19(2)36-23/h9-10,12-14,18-19,23H,3,7-8,11,15-17H2,1-2,4-6H3/t18-,19-,23-/m0/s1. The average molecular weight is 492 g/mol. The van der Waals surface area contributed by atoms with Crippen molar-refractivity contribution >= 4 is 22.6 Å². The van der Waals surface area contributed by atoms with Crippen LogP contribution in [0.4, 0.5) is 5.82 Å². The predicted molar refractivity (Wildman–Crippen MR) is 143 cm³/mol. The van der Waals surface area contributed by atoms with Crippen molar-refractivity contribution < 1.29 is 14.2 Å². The predicted octanol–water partition coefficient (Wildman–Crippen LogP) is 4.43. The van der Waals surface area contributed by atoms with Crippen molar-refractivity contribution in [3.05, 3.63) is 42.6 Å². The van der Waals surface area contributed by atoms with E-state index >= 15 is 0 Å². The number of morpholine rings is 1. The van der Waals surface area contributed by atoms with Gasteiger partial charge in [-0.05, 0) is 58.0 Å². The highest BCUT2D eigenvalue weighted by atomic mass is 16.5. The Hall–Kier alpha value is -3.10. The largest absolute Gasteiger partial charge is 0.497 e. The molecule has 0 N–H and O–H groups in total. The van der Waals surface area contributed by atoms with Gasteiger partial charge in [-0.15, -0.1) is 0 Å². The van der Waals surface area contributed by atoms with Crippen molar-refractivity contribution in [2.75, 3.05) is 45.8 Å². The fourth-order valence-corrected chi connectivity index (χ4v) is 5.60. The molecule has 3 aromatic rings. The zero-order chi connectivity index (χ0) is 25.4. The molecule has 0 amide bonds. The van der Waals surface area contributed by atoms with Crippen molar-refractivity contribution in [3.63, 3.8) is 0 Å². The number of aromatic nitrogens is 3. The van der Waals surface area contributed by atoms with Gasteiger partial charge >= 0.3 is 0 Å². The highest BCUT2D eigenvalue weighted by molar-refractivity contribution is 5.89. The second-order valence-electron chi connectivity index (χ2n) is 10.1. The highest BCUT2D eigenvalue weighted by Crippen LogP contribution is 2.35. The first-order valence-corrected chi connectivity index (χ1v) is 12.8. The lowest BCUT2D eigenvalue weighted by molar-refractivity contribution is -0.0752. The first-order chi connectivity index (χ1) is 17.4. The zero-order valence-corrected chi connectivity index (χ0v) is 22.0. The molecule has 4 heterocycles. The number of likely N-dealkylation sites (N-methyl/N-ethyl adjacent to an activating group) is 1. The van der Waals surface area contributed by atoms with E-state index in [0.29, 0.717) is 18.3 Å². The van der Waals surface area contributed by atoms with Crippen LogP contribution in [-0.2, 0) is 16.0 Å². The van der Waals surface area contributed by atoms with Gasteiger partial charge in [0.2, 0.25) is 0 Å². The van der Waals surface area contributed by atoms with Crippen molar-refractivity contribution in [2.24, 2.45) is 0 Å². The number of ether oxygens (including phenoxy) is 3. The number of imidazole rings is 1. The minimum Gasteiger partial charge on any atom is -0.497 e. The Morgan fingerprint density at radius 1 is 1.19 bits per heavy atom. The fourth-order valence-electron chi connectivity index (χ4n) is 5.60. The summed E-state index contributed by atoms with van der Waals surface area (Å²) in [7, 11) is 5.45. The second-order valence-corrected chi connectivity index (χ2v) is 10.1. The molecule has 0 unspecified atom stereocenters. The number of nitrogens with zero attached hydrogens (tertiary/aromatic N) is 5. The lowest BCUT2D eigenvalue weighted by Gasteiger charge is -2.35. The topological polar surface area (TPSA) is 64.9 Å². The molecule has 1 aromatic carbocycles. The van der Waals surface area contributed by atoms with Crippen molar-refractivity contribution in [2.45, 2.75) is 51.5 Å². The van der Waals surface area contributed by atoms with E-state index in [-0.39, 0.29) is 12.2 Å². The van der Waals surface area contributed by atoms with Crippen molar-refractivity contribution in [1.82, 2.24) is 19.4 Å². The number of hydrogen-bond acceptors (Lipinski definition) is 7. The van der Waals surface area contributed by atoms with Crippen LogP contribution in [0.5, 0.6) is 5.75 Å². The maximum Gasteiger partial charge on any atom is 0.145 e. The lowest BCUT2D eigenvalue weighted by Crippen LogP contribution is -2.46. The van der Waals surface area contributed by atoms with Gasteiger partial charge in [0.15, 0.2) is 0 Å². The number of methoxy groups -OCH3 is 2. The molecule has 0 bridgehead atoms. The number of anilines is 1. The first kappa shape index (κ1) is 24.6. The Balaban J connectivity index is 1.60. The second kappa shape index (κ2) is 10.1. The summed E-state index contributed by atoms with van der Waals surface area (Å²) in [5.41, 5.74) is 3.57. The van der Waals surface area contributed by atoms with E-state index < -0.39 is 0 Å². The smallest absolute Gasteiger partial charge is 0.145 e. The molecule has 2 aliphatic rings. The van der Waals surface area contributed by atoms with Crippen molar-refractivity contribution in [1.29, 1.82) is 0 Å². The third-order valence-electron chi connectivity index (χ3n) is 7.34. The quantitative estimate of drug-likeness (QED) is 0.453. The average Bonchev–Trinajstić information content (AvgIpc) is 3.46. The van der Waals surface area contributed by atoms with Crippen LogP contribution >= 0.6 is 0 Å². The van der Waals surface area contributed by atoms with E-state index in [1.165, 1.54) is 12.8 Å². The van der Waals surface area contributed by atoms with E-state index in [0.717, 1.165) is 59.2 Å². The van der Waals surface area contributed by atoms with Crippen molar-refractivity contribution in [3.8, 4) is 17.1 Å².